The highest BCUT2D eigenvalue weighted by molar-refractivity contribution is 6.33. The van der Waals surface area contributed by atoms with Crippen LogP contribution in [-0.4, -0.2) is 47.0 Å². The largest absolute Gasteiger partial charge is 0.419 e. The van der Waals surface area contributed by atoms with Crippen molar-refractivity contribution < 1.29 is 18.0 Å². The van der Waals surface area contributed by atoms with Gasteiger partial charge in [0, 0.05) is 38.6 Å². The summed E-state index contributed by atoms with van der Waals surface area (Å²) in [6.45, 7) is 1.90. The lowest BCUT2D eigenvalue weighted by atomic mass is 10.1. The standard InChI is InChI=1S/C19H21ClF3N5O/c20-15-11-13(18(29)28-9-2-1-3-10-28)12-27-17(15)26-8-7-25-16-14(19(21,22)23)5-4-6-24-16/h4-6,11-12H,1-3,7-10H2,(H,24,25)(H,26,27). The Morgan fingerprint density at radius 1 is 1.10 bits per heavy atom. The lowest BCUT2D eigenvalue weighted by Gasteiger charge is -2.26. The number of carbonyl (C=O) groups excluding carboxylic acids is 1. The van der Waals surface area contributed by atoms with Crippen molar-refractivity contribution in [1.29, 1.82) is 0 Å². The van der Waals surface area contributed by atoms with E-state index in [1.807, 2.05) is 0 Å². The number of halogens is 4. The van der Waals surface area contributed by atoms with Crippen LogP contribution >= 0.6 is 11.6 Å². The lowest BCUT2D eigenvalue weighted by molar-refractivity contribution is -0.137. The molecular formula is C19H21ClF3N5O. The number of amides is 1. The van der Waals surface area contributed by atoms with Gasteiger partial charge in [-0.15, -0.1) is 0 Å². The number of hydrogen-bond donors (Lipinski definition) is 2. The van der Waals surface area contributed by atoms with Crippen molar-refractivity contribution in [2.45, 2.75) is 25.4 Å². The Morgan fingerprint density at radius 3 is 2.45 bits per heavy atom. The quantitative estimate of drug-likeness (QED) is 0.673. The van der Waals surface area contributed by atoms with E-state index in [0.717, 1.165) is 38.4 Å². The molecule has 0 aromatic carbocycles. The number of anilines is 2. The van der Waals surface area contributed by atoms with Crippen molar-refractivity contribution >= 4 is 29.1 Å². The van der Waals surface area contributed by atoms with Gasteiger partial charge in [0.25, 0.3) is 5.91 Å². The smallest absolute Gasteiger partial charge is 0.368 e. The second kappa shape index (κ2) is 9.30. The summed E-state index contributed by atoms with van der Waals surface area (Å²) in [5.41, 5.74) is -0.402. The highest BCUT2D eigenvalue weighted by Crippen LogP contribution is 2.33. The van der Waals surface area contributed by atoms with E-state index < -0.39 is 11.7 Å². The summed E-state index contributed by atoms with van der Waals surface area (Å²) in [5, 5.41) is 5.88. The summed E-state index contributed by atoms with van der Waals surface area (Å²) in [6.07, 6.45) is 1.38. The van der Waals surface area contributed by atoms with Gasteiger partial charge in [0.05, 0.1) is 16.1 Å². The van der Waals surface area contributed by atoms with Gasteiger partial charge in [-0.1, -0.05) is 11.6 Å². The van der Waals surface area contributed by atoms with Crippen molar-refractivity contribution in [1.82, 2.24) is 14.9 Å². The van der Waals surface area contributed by atoms with Crippen molar-refractivity contribution in [3.63, 3.8) is 0 Å². The third-order valence-corrected chi connectivity index (χ3v) is 4.84. The van der Waals surface area contributed by atoms with Crippen LogP contribution in [0.5, 0.6) is 0 Å². The first-order valence-corrected chi connectivity index (χ1v) is 9.69. The zero-order valence-corrected chi connectivity index (χ0v) is 16.4. The molecule has 0 spiro atoms. The first kappa shape index (κ1) is 21.2. The normalized spacial score (nSPS) is 14.6. The van der Waals surface area contributed by atoms with Gasteiger partial charge >= 0.3 is 6.18 Å². The maximum absolute atomic E-state index is 13.0. The summed E-state index contributed by atoms with van der Waals surface area (Å²) in [4.78, 5) is 22.2. The molecule has 1 fully saturated rings. The second-order valence-corrected chi connectivity index (χ2v) is 7.07. The fourth-order valence-electron chi connectivity index (χ4n) is 3.10. The number of aromatic nitrogens is 2. The maximum atomic E-state index is 13.0. The van der Waals surface area contributed by atoms with E-state index >= 15 is 0 Å². The minimum Gasteiger partial charge on any atom is -0.368 e. The van der Waals surface area contributed by atoms with Gasteiger partial charge in [-0.2, -0.15) is 13.2 Å². The molecule has 1 amide bonds. The van der Waals surface area contributed by atoms with Gasteiger partial charge in [-0.05, 0) is 37.5 Å². The molecule has 3 rings (SSSR count). The zero-order chi connectivity index (χ0) is 20.9. The lowest BCUT2D eigenvalue weighted by Crippen LogP contribution is -2.35. The van der Waals surface area contributed by atoms with Crippen LogP contribution in [0.1, 0.15) is 35.2 Å². The van der Waals surface area contributed by atoms with E-state index in [9.17, 15) is 18.0 Å². The molecule has 29 heavy (non-hydrogen) atoms. The average molecular weight is 428 g/mol. The molecule has 0 aliphatic carbocycles. The minimum atomic E-state index is -4.48. The predicted octanol–water partition coefficient (Wildman–Crippen LogP) is 4.30. The molecule has 0 atom stereocenters. The van der Waals surface area contributed by atoms with E-state index in [-0.39, 0.29) is 29.8 Å². The highest BCUT2D eigenvalue weighted by atomic mass is 35.5. The Labute approximate surface area is 171 Å². The highest BCUT2D eigenvalue weighted by Gasteiger charge is 2.33. The Hall–Kier alpha value is -2.55. The number of alkyl halides is 3. The fraction of sp³-hybridized carbons (Fsp3) is 0.421. The summed E-state index contributed by atoms with van der Waals surface area (Å²) in [5.74, 6) is 0.0335. The van der Waals surface area contributed by atoms with Crippen molar-refractivity contribution in [3.8, 4) is 0 Å². The number of rotatable bonds is 6. The predicted molar refractivity (Wildman–Crippen MR) is 105 cm³/mol. The topological polar surface area (TPSA) is 70.1 Å². The zero-order valence-electron chi connectivity index (χ0n) is 15.6. The summed E-state index contributed by atoms with van der Waals surface area (Å²) >= 11 is 6.22. The molecule has 0 saturated carbocycles. The SMILES string of the molecule is O=C(c1cnc(NCCNc2ncccc2C(F)(F)F)c(Cl)c1)N1CCCCC1. The third kappa shape index (κ3) is 5.50. The average Bonchev–Trinajstić information content (AvgIpc) is 2.72. The molecule has 10 heteroatoms. The number of carbonyl (C=O) groups is 1. The summed E-state index contributed by atoms with van der Waals surface area (Å²) in [7, 11) is 0. The van der Waals surface area contributed by atoms with Crippen LogP contribution in [0.3, 0.4) is 0 Å². The molecule has 1 aliphatic rings. The Bertz CT molecular complexity index is 856. The molecule has 3 heterocycles. The van der Waals surface area contributed by atoms with Crippen molar-refractivity contribution in [2.24, 2.45) is 0 Å². The van der Waals surface area contributed by atoms with Crippen LogP contribution in [0, 0.1) is 0 Å². The van der Waals surface area contributed by atoms with Crippen LogP contribution in [0.4, 0.5) is 24.8 Å². The van der Waals surface area contributed by atoms with E-state index in [0.29, 0.717) is 11.4 Å². The number of piperidine rings is 1. The first-order valence-electron chi connectivity index (χ1n) is 9.31. The Morgan fingerprint density at radius 2 is 1.79 bits per heavy atom. The number of nitrogens with one attached hydrogen (secondary N) is 2. The molecule has 0 unspecified atom stereocenters. The number of hydrogen-bond acceptors (Lipinski definition) is 5. The number of likely N-dealkylation sites (tertiary alicyclic amines) is 1. The molecule has 1 aliphatic heterocycles. The molecule has 2 N–H and O–H groups in total. The molecular weight excluding hydrogens is 407 g/mol. The van der Waals surface area contributed by atoms with Gasteiger partial charge in [-0.25, -0.2) is 9.97 Å². The minimum absolute atomic E-state index is 0.0952. The number of pyridine rings is 2. The van der Waals surface area contributed by atoms with Crippen LogP contribution in [0.2, 0.25) is 5.02 Å². The van der Waals surface area contributed by atoms with Crippen LogP contribution in [0.15, 0.2) is 30.6 Å². The van der Waals surface area contributed by atoms with E-state index in [2.05, 4.69) is 20.6 Å². The Balaban J connectivity index is 1.55. The van der Waals surface area contributed by atoms with Crippen LogP contribution in [0.25, 0.3) is 0 Å². The van der Waals surface area contributed by atoms with Gasteiger partial charge < -0.3 is 15.5 Å². The van der Waals surface area contributed by atoms with Gasteiger partial charge in [0.15, 0.2) is 0 Å². The summed E-state index contributed by atoms with van der Waals surface area (Å²) < 4.78 is 38.9. The third-order valence-electron chi connectivity index (χ3n) is 4.55. The van der Waals surface area contributed by atoms with Gasteiger partial charge in [0.1, 0.15) is 11.6 Å². The summed E-state index contributed by atoms with van der Waals surface area (Å²) in [6, 6.07) is 3.77. The maximum Gasteiger partial charge on any atom is 0.419 e. The van der Waals surface area contributed by atoms with Crippen molar-refractivity contribution in [3.05, 3.63) is 46.7 Å². The van der Waals surface area contributed by atoms with Crippen LogP contribution < -0.4 is 10.6 Å². The molecule has 1 saturated heterocycles. The molecule has 6 nitrogen and oxygen atoms in total. The number of nitrogens with zero attached hydrogens (tertiary/aromatic N) is 3. The monoisotopic (exact) mass is 427 g/mol. The second-order valence-electron chi connectivity index (χ2n) is 6.66. The van der Waals surface area contributed by atoms with E-state index in [1.54, 1.807) is 11.0 Å². The molecule has 2 aromatic heterocycles. The first-order chi connectivity index (χ1) is 13.9. The molecule has 0 radical (unpaired) electrons. The fourth-order valence-corrected chi connectivity index (χ4v) is 3.33. The van der Waals surface area contributed by atoms with Gasteiger partial charge in [0.2, 0.25) is 0 Å². The van der Waals surface area contributed by atoms with E-state index in [4.69, 9.17) is 11.6 Å². The van der Waals surface area contributed by atoms with Crippen LogP contribution in [-0.2, 0) is 6.18 Å². The molecule has 156 valence electrons. The van der Waals surface area contributed by atoms with Gasteiger partial charge in [-0.3, -0.25) is 4.79 Å². The Kier molecular flexibility index (Phi) is 6.79. The molecule has 2 aromatic rings. The molecule has 0 bridgehead atoms. The van der Waals surface area contributed by atoms with Crippen molar-refractivity contribution in [2.75, 3.05) is 36.8 Å². The van der Waals surface area contributed by atoms with E-state index in [1.165, 1.54) is 18.5 Å².